The third kappa shape index (κ3) is 4.06. The van der Waals surface area contributed by atoms with Gasteiger partial charge in [-0.3, -0.25) is 0 Å². The minimum Gasteiger partial charge on any atom is -0.456 e. The molecule has 3 aromatic heterocycles. The number of fused-ring (bicyclic) bond motifs is 6. The average Bonchev–Trinajstić information content (AvgIpc) is 3.64. The highest BCUT2D eigenvalue weighted by Crippen LogP contribution is 2.38. The molecule has 3 heterocycles. The summed E-state index contributed by atoms with van der Waals surface area (Å²) >= 11 is 0. The van der Waals surface area contributed by atoms with Crippen LogP contribution >= 0.6 is 0 Å². The predicted molar refractivity (Wildman–Crippen MR) is 176 cm³/mol. The molecule has 206 valence electrons. The zero-order chi connectivity index (χ0) is 29.0. The van der Waals surface area contributed by atoms with Gasteiger partial charge < -0.3 is 8.83 Å². The van der Waals surface area contributed by atoms with E-state index in [1.165, 1.54) is 0 Å². The van der Waals surface area contributed by atoms with Crippen LogP contribution in [0.1, 0.15) is 0 Å². The summed E-state index contributed by atoms with van der Waals surface area (Å²) in [5.74, 6) is 1.84. The number of nitrogens with zero attached hydrogens (tertiary/aromatic N) is 3. The van der Waals surface area contributed by atoms with E-state index < -0.39 is 0 Å². The summed E-state index contributed by atoms with van der Waals surface area (Å²) in [6, 6.07) is 47.0. The first-order valence-electron chi connectivity index (χ1n) is 14.5. The number of para-hydroxylation sites is 1. The Balaban J connectivity index is 1.22. The monoisotopic (exact) mass is 565 g/mol. The summed E-state index contributed by atoms with van der Waals surface area (Å²) < 4.78 is 12.5. The van der Waals surface area contributed by atoms with Gasteiger partial charge in [-0.25, -0.2) is 15.0 Å². The standard InChI is InChI=1S/C39H23N3O2/c1-3-10-24(11-4-1)26-14-9-15-27(20-26)38-40-37(25-12-5-2-6-13-25)41-39(42-38)28-18-19-34-30(21-28)32-23-35-31(22-36(32)44-34)29-16-7-8-17-33(29)43-35/h1-23H. The molecule has 0 aliphatic heterocycles. The normalized spacial score (nSPS) is 11.6. The van der Waals surface area contributed by atoms with Crippen LogP contribution in [0.15, 0.2) is 148 Å². The van der Waals surface area contributed by atoms with Crippen LogP contribution < -0.4 is 0 Å². The Hall–Kier alpha value is -6.07. The molecule has 0 radical (unpaired) electrons. The van der Waals surface area contributed by atoms with E-state index in [2.05, 4.69) is 48.5 Å². The molecule has 0 amide bonds. The van der Waals surface area contributed by atoms with Gasteiger partial charge in [0, 0.05) is 38.2 Å². The second-order valence-corrected chi connectivity index (χ2v) is 10.9. The lowest BCUT2D eigenvalue weighted by molar-refractivity contribution is 0.664. The molecular formula is C39H23N3O2. The van der Waals surface area contributed by atoms with Crippen LogP contribution in [0.5, 0.6) is 0 Å². The van der Waals surface area contributed by atoms with Crippen LogP contribution in [0.3, 0.4) is 0 Å². The second-order valence-electron chi connectivity index (χ2n) is 10.9. The van der Waals surface area contributed by atoms with Crippen molar-refractivity contribution in [2.24, 2.45) is 0 Å². The van der Waals surface area contributed by atoms with Crippen LogP contribution in [-0.2, 0) is 0 Å². The molecule has 9 aromatic rings. The maximum atomic E-state index is 6.32. The van der Waals surface area contributed by atoms with Crippen LogP contribution in [0.25, 0.3) is 89.2 Å². The Bertz CT molecular complexity index is 2500. The first-order valence-corrected chi connectivity index (χ1v) is 14.5. The number of benzene rings is 6. The largest absolute Gasteiger partial charge is 0.456 e. The molecule has 0 fully saturated rings. The zero-order valence-corrected chi connectivity index (χ0v) is 23.4. The van der Waals surface area contributed by atoms with Crippen LogP contribution in [0, 0.1) is 0 Å². The van der Waals surface area contributed by atoms with Crippen molar-refractivity contribution in [1.29, 1.82) is 0 Å². The van der Waals surface area contributed by atoms with E-state index in [1.54, 1.807) is 0 Å². The maximum absolute atomic E-state index is 6.32. The Labute approximate surface area is 252 Å². The Morgan fingerprint density at radius 3 is 1.52 bits per heavy atom. The average molecular weight is 566 g/mol. The van der Waals surface area contributed by atoms with Crippen molar-refractivity contribution in [3.63, 3.8) is 0 Å². The van der Waals surface area contributed by atoms with Gasteiger partial charge in [0.05, 0.1) is 0 Å². The highest BCUT2D eigenvalue weighted by atomic mass is 16.3. The van der Waals surface area contributed by atoms with Gasteiger partial charge in [0.2, 0.25) is 0 Å². The molecule has 0 saturated carbocycles. The molecular weight excluding hydrogens is 542 g/mol. The smallest absolute Gasteiger partial charge is 0.164 e. The topological polar surface area (TPSA) is 65.0 Å². The summed E-state index contributed by atoms with van der Waals surface area (Å²) in [6.07, 6.45) is 0. The van der Waals surface area contributed by atoms with E-state index in [-0.39, 0.29) is 0 Å². The number of hydrogen-bond acceptors (Lipinski definition) is 5. The third-order valence-electron chi connectivity index (χ3n) is 8.12. The molecule has 6 aromatic carbocycles. The summed E-state index contributed by atoms with van der Waals surface area (Å²) in [5.41, 5.74) is 8.29. The summed E-state index contributed by atoms with van der Waals surface area (Å²) in [5, 5.41) is 4.09. The molecule has 0 spiro atoms. The molecule has 0 aliphatic carbocycles. The van der Waals surface area contributed by atoms with E-state index >= 15 is 0 Å². The minimum absolute atomic E-state index is 0.597. The lowest BCUT2D eigenvalue weighted by Gasteiger charge is -2.10. The molecule has 5 nitrogen and oxygen atoms in total. The quantitative estimate of drug-likeness (QED) is 0.212. The third-order valence-corrected chi connectivity index (χ3v) is 8.12. The molecule has 0 unspecified atom stereocenters. The van der Waals surface area contributed by atoms with E-state index in [0.29, 0.717) is 17.5 Å². The highest BCUT2D eigenvalue weighted by molar-refractivity contribution is 6.15. The van der Waals surface area contributed by atoms with Gasteiger partial charge in [-0.1, -0.05) is 97.1 Å². The van der Waals surface area contributed by atoms with Gasteiger partial charge in [-0.2, -0.15) is 0 Å². The SMILES string of the molecule is c1ccc(-c2cccc(-c3nc(-c4ccccc4)nc(-c4ccc5oc6cc7c(cc6c5c4)oc4ccccc47)n3)c2)cc1. The van der Waals surface area contributed by atoms with Crippen molar-refractivity contribution >= 4 is 43.9 Å². The lowest BCUT2D eigenvalue weighted by atomic mass is 10.0. The number of rotatable bonds is 4. The van der Waals surface area contributed by atoms with Crippen molar-refractivity contribution in [3.05, 3.63) is 140 Å². The highest BCUT2D eigenvalue weighted by Gasteiger charge is 2.17. The molecule has 0 atom stereocenters. The van der Waals surface area contributed by atoms with Crippen molar-refractivity contribution in [2.75, 3.05) is 0 Å². The fourth-order valence-corrected chi connectivity index (χ4v) is 5.95. The Kier molecular flexibility index (Phi) is 5.43. The molecule has 0 bridgehead atoms. The maximum Gasteiger partial charge on any atom is 0.164 e. The van der Waals surface area contributed by atoms with Crippen molar-refractivity contribution < 1.29 is 8.83 Å². The first kappa shape index (κ1) is 24.5. The fraction of sp³-hybridized carbons (Fsp3) is 0. The summed E-state index contributed by atoms with van der Waals surface area (Å²) in [4.78, 5) is 14.9. The summed E-state index contributed by atoms with van der Waals surface area (Å²) in [7, 11) is 0. The van der Waals surface area contributed by atoms with Gasteiger partial charge in [0.25, 0.3) is 0 Å². The van der Waals surface area contributed by atoms with E-state index in [0.717, 1.165) is 71.7 Å². The van der Waals surface area contributed by atoms with Gasteiger partial charge >= 0.3 is 0 Å². The predicted octanol–water partition coefficient (Wildman–Crippen LogP) is 10.3. The lowest BCUT2D eigenvalue weighted by Crippen LogP contribution is -2.00. The van der Waals surface area contributed by atoms with Gasteiger partial charge in [-0.15, -0.1) is 0 Å². The van der Waals surface area contributed by atoms with Crippen molar-refractivity contribution in [3.8, 4) is 45.3 Å². The van der Waals surface area contributed by atoms with Crippen LogP contribution in [0.4, 0.5) is 0 Å². The molecule has 44 heavy (non-hydrogen) atoms. The van der Waals surface area contributed by atoms with E-state index in [9.17, 15) is 0 Å². The number of aromatic nitrogens is 3. The molecule has 0 aliphatic rings. The van der Waals surface area contributed by atoms with Crippen molar-refractivity contribution in [2.45, 2.75) is 0 Å². The Morgan fingerprint density at radius 1 is 0.295 bits per heavy atom. The second kappa shape index (κ2) is 9.75. The van der Waals surface area contributed by atoms with E-state index in [1.807, 2.05) is 91.0 Å². The Morgan fingerprint density at radius 2 is 0.795 bits per heavy atom. The van der Waals surface area contributed by atoms with Crippen LogP contribution in [-0.4, -0.2) is 15.0 Å². The van der Waals surface area contributed by atoms with E-state index in [4.69, 9.17) is 23.8 Å². The fourth-order valence-electron chi connectivity index (χ4n) is 5.95. The molecule has 0 N–H and O–H groups in total. The summed E-state index contributed by atoms with van der Waals surface area (Å²) in [6.45, 7) is 0. The van der Waals surface area contributed by atoms with Crippen LogP contribution in [0.2, 0.25) is 0 Å². The molecule has 0 saturated heterocycles. The number of hydrogen-bond donors (Lipinski definition) is 0. The zero-order valence-electron chi connectivity index (χ0n) is 23.4. The minimum atomic E-state index is 0.597. The van der Waals surface area contributed by atoms with Crippen molar-refractivity contribution in [1.82, 2.24) is 15.0 Å². The van der Waals surface area contributed by atoms with Gasteiger partial charge in [0.1, 0.15) is 22.3 Å². The first-order chi connectivity index (χ1) is 21.8. The molecule has 9 rings (SSSR count). The molecule has 5 heteroatoms. The van der Waals surface area contributed by atoms with Gasteiger partial charge in [0.15, 0.2) is 17.5 Å². The van der Waals surface area contributed by atoms with Gasteiger partial charge in [-0.05, 0) is 53.6 Å². The number of furan rings is 2.